The van der Waals surface area contributed by atoms with Gasteiger partial charge in [0.2, 0.25) is 5.91 Å². The lowest BCUT2D eigenvalue weighted by Crippen LogP contribution is -2.35. The van der Waals surface area contributed by atoms with Gasteiger partial charge >= 0.3 is 0 Å². The summed E-state index contributed by atoms with van der Waals surface area (Å²) in [5, 5.41) is 4.01. The van der Waals surface area contributed by atoms with E-state index in [0.29, 0.717) is 28.4 Å². The fraction of sp³-hybridized carbons (Fsp3) is 0.429. The Kier molecular flexibility index (Phi) is 5.52. The summed E-state index contributed by atoms with van der Waals surface area (Å²) in [5.74, 6) is 0.250. The van der Waals surface area contributed by atoms with Crippen molar-refractivity contribution in [1.82, 2.24) is 14.5 Å². The standard InChI is InChI=1S/C21H24N4O2S/c1-14-12-22-21(28-14)24-19(26)18(11-15-7-3-2-4-8-15)25-13-23-17-10-6-5-9-16(17)20(25)27/h5-6,9-10,12-13,15,18H,2-4,7-8,11H2,1H3,(H,22,24,26). The van der Waals surface area contributed by atoms with Crippen molar-refractivity contribution in [1.29, 1.82) is 0 Å². The lowest BCUT2D eigenvalue weighted by atomic mass is 9.84. The highest BCUT2D eigenvalue weighted by atomic mass is 32.1. The van der Waals surface area contributed by atoms with Gasteiger partial charge in [-0.1, -0.05) is 44.2 Å². The summed E-state index contributed by atoms with van der Waals surface area (Å²) in [7, 11) is 0. The van der Waals surface area contributed by atoms with Gasteiger partial charge in [0, 0.05) is 11.1 Å². The van der Waals surface area contributed by atoms with Gasteiger partial charge in [0.25, 0.3) is 5.56 Å². The van der Waals surface area contributed by atoms with E-state index in [4.69, 9.17) is 0 Å². The lowest BCUT2D eigenvalue weighted by molar-refractivity contribution is -0.120. The van der Waals surface area contributed by atoms with Crippen molar-refractivity contribution < 1.29 is 4.79 Å². The zero-order valence-corrected chi connectivity index (χ0v) is 16.7. The third kappa shape index (κ3) is 3.99. The topological polar surface area (TPSA) is 76.9 Å². The van der Waals surface area contributed by atoms with Gasteiger partial charge in [-0.3, -0.25) is 14.2 Å². The molecule has 1 unspecified atom stereocenters. The molecule has 1 atom stereocenters. The second kappa shape index (κ2) is 8.22. The second-order valence-corrected chi connectivity index (χ2v) is 8.73. The first-order valence-corrected chi connectivity index (χ1v) is 10.6. The van der Waals surface area contributed by atoms with E-state index in [1.807, 2.05) is 25.1 Å². The Morgan fingerprint density at radius 2 is 2.04 bits per heavy atom. The van der Waals surface area contributed by atoms with Crippen molar-refractivity contribution in [2.75, 3.05) is 5.32 Å². The van der Waals surface area contributed by atoms with E-state index in [1.165, 1.54) is 41.5 Å². The molecule has 6 nitrogen and oxygen atoms in total. The zero-order valence-electron chi connectivity index (χ0n) is 15.9. The van der Waals surface area contributed by atoms with Crippen LogP contribution in [0.3, 0.4) is 0 Å². The number of rotatable bonds is 5. The molecular formula is C21H24N4O2S. The zero-order chi connectivity index (χ0) is 19.5. The van der Waals surface area contributed by atoms with E-state index in [0.717, 1.165) is 17.7 Å². The molecule has 28 heavy (non-hydrogen) atoms. The number of aromatic nitrogens is 3. The van der Waals surface area contributed by atoms with Crippen LogP contribution in [0.5, 0.6) is 0 Å². The van der Waals surface area contributed by atoms with Gasteiger partial charge in [-0.05, 0) is 31.4 Å². The lowest BCUT2D eigenvalue weighted by Gasteiger charge is -2.27. The molecular weight excluding hydrogens is 372 g/mol. The van der Waals surface area contributed by atoms with Gasteiger partial charge in [-0.2, -0.15) is 0 Å². The molecule has 0 radical (unpaired) electrons. The van der Waals surface area contributed by atoms with Crippen LogP contribution in [-0.2, 0) is 4.79 Å². The van der Waals surface area contributed by atoms with Crippen LogP contribution in [0.2, 0.25) is 0 Å². The molecule has 0 spiro atoms. The quantitative estimate of drug-likeness (QED) is 0.697. The van der Waals surface area contributed by atoms with Crippen molar-refractivity contribution in [2.24, 2.45) is 5.92 Å². The minimum absolute atomic E-state index is 0.170. The molecule has 0 aliphatic heterocycles. The maximum absolute atomic E-state index is 13.2. The number of hydrogen-bond donors (Lipinski definition) is 1. The Labute approximate surface area is 167 Å². The van der Waals surface area contributed by atoms with Crippen molar-refractivity contribution in [3.63, 3.8) is 0 Å². The molecule has 2 heterocycles. The molecule has 4 rings (SSSR count). The molecule has 3 aromatic rings. The molecule has 1 N–H and O–H groups in total. The van der Waals surface area contributed by atoms with E-state index in [9.17, 15) is 9.59 Å². The van der Waals surface area contributed by atoms with Gasteiger partial charge in [0.1, 0.15) is 6.04 Å². The average molecular weight is 397 g/mol. The number of nitrogens with one attached hydrogen (secondary N) is 1. The van der Waals surface area contributed by atoms with Crippen molar-refractivity contribution in [3.05, 3.63) is 52.0 Å². The summed E-state index contributed by atoms with van der Waals surface area (Å²) in [6, 6.07) is 6.67. The van der Waals surface area contributed by atoms with Crippen LogP contribution in [0.1, 0.15) is 49.4 Å². The first-order chi connectivity index (χ1) is 13.6. The molecule has 1 fully saturated rings. The minimum Gasteiger partial charge on any atom is -0.300 e. The summed E-state index contributed by atoms with van der Waals surface area (Å²) < 4.78 is 1.51. The van der Waals surface area contributed by atoms with Gasteiger partial charge in [-0.25, -0.2) is 9.97 Å². The summed E-state index contributed by atoms with van der Waals surface area (Å²) in [5.41, 5.74) is 0.480. The summed E-state index contributed by atoms with van der Waals surface area (Å²) in [6.07, 6.45) is 9.75. The SMILES string of the molecule is Cc1cnc(NC(=O)C(CC2CCCCC2)n2cnc3ccccc3c2=O)s1. The monoisotopic (exact) mass is 396 g/mol. The number of nitrogens with zero attached hydrogens (tertiary/aromatic N) is 3. The molecule has 146 valence electrons. The fourth-order valence-electron chi connectivity index (χ4n) is 3.99. The first-order valence-electron chi connectivity index (χ1n) is 9.81. The largest absolute Gasteiger partial charge is 0.300 e. The molecule has 1 aliphatic rings. The van der Waals surface area contributed by atoms with Crippen LogP contribution < -0.4 is 10.9 Å². The Morgan fingerprint density at radius 3 is 2.79 bits per heavy atom. The summed E-state index contributed by atoms with van der Waals surface area (Å²) >= 11 is 1.44. The molecule has 0 bridgehead atoms. The molecule has 1 saturated carbocycles. The van der Waals surface area contributed by atoms with E-state index in [1.54, 1.807) is 12.3 Å². The molecule has 1 amide bonds. The number of fused-ring (bicyclic) bond motifs is 1. The molecule has 1 aromatic carbocycles. The fourth-order valence-corrected chi connectivity index (χ4v) is 4.66. The number of aryl methyl sites for hydroxylation is 1. The van der Waals surface area contributed by atoms with Crippen molar-refractivity contribution in [2.45, 2.75) is 51.5 Å². The smallest absolute Gasteiger partial charge is 0.261 e. The number of carbonyl (C=O) groups is 1. The Balaban J connectivity index is 1.68. The van der Waals surface area contributed by atoms with Gasteiger partial charge < -0.3 is 5.32 Å². The predicted octanol–water partition coefficient (Wildman–Crippen LogP) is 4.31. The molecule has 0 saturated heterocycles. The molecule has 2 aromatic heterocycles. The maximum atomic E-state index is 13.2. The second-order valence-electron chi connectivity index (χ2n) is 7.49. The summed E-state index contributed by atoms with van der Waals surface area (Å²) in [4.78, 5) is 35.9. The Bertz CT molecular complexity index is 1040. The van der Waals surface area contributed by atoms with Crippen LogP contribution in [0.4, 0.5) is 5.13 Å². The third-order valence-corrected chi connectivity index (χ3v) is 6.29. The van der Waals surface area contributed by atoms with Crippen LogP contribution in [0.25, 0.3) is 10.9 Å². The number of amides is 1. The van der Waals surface area contributed by atoms with Gasteiger partial charge in [0.15, 0.2) is 5.13 Å². The Hall–Kier alpha value is -2.54. The molecule has 7 heteroatoms. The maximum Gasteiger partial charge on any atom is 0.261 e. The number of anilines is 1. The number of para-hydroxylation sites is 1. The van der Waals surface area contributed by atoms with Crippen LogP contribution in [0, 0.1) is 12.8 Å². The number of carbonyl (C=O) groups excluding carboxylic acids is 1. The number of thiazole rings is 1. The highest BCUT2D eigenvalue weighted by molar-refractivity contribution is 7.15. The normalized spacial score (nSPS) is 16.2. The summed E-state index contributed by atoms with van der Waals surface area (Å²) in [6.45, 7) is 1.95. The van der Waals surface area contributed by atoms with E-state index in [2.05, 4.69) is 15.3 Å². The van der Waals surface area contributed by atoms with Crippen LogP contribution in [-0.4, -0.2) is 20.4 Å². The first kappa shape index (κ1) is 18.8. The number of hydrogen-bond acceptors (Lipinski definition) is 5. The van der Waals surface area contributed by atoms with Crippen molar-refractivity contribution >= 4 is 33.3 Å². The predicted molar refractivity (Wildman–Crippen MR) is 112 cm³/mol. The van der Waals surface area contributed by atoms with Gasteiger partial charge in [-0.15, -0.1) is 11.3 Å². The number of benzene rings is 1. The third-order valence-electron chi connectivity index (χ3n) is 5.46. The highest BCUT2D eigenvalue weighted by Crippen LogP contribution is 2.31. The van der Waals surface area contributed by atoms with Crippen LogP contribution >= 0.6 is 11.3 Å². The van der Waals surface area contributed by atoms with E-state index >= 15 is 0 Å². The Morgan fingerprint density at radius 1 is 1.25 bits per heavy atom. The average Bonchev–Trinajstić information content (AvgIpc) is 3.12. The van der Waals surface area contributed by atoms with Gasteiger partial charge in [0.05, 0.1) is 17.2 Å². The molecule has 1 aliphatic carbocycles. The van der Waals surface area contributed by atoms with Crippen LogP contribution in [0.15, 0.2) is 41.6 Å². The van der Waals surface area contributed by atoms with Crippen molar-refractivity contribution in [3.8, 4) is 0 Å². The minimum atomic E-state index is -0.586. The van der Waals surface area contributed by atoms with E-state index in [-0.39, 0.29) is 11.5 Å². The van der Waals surface area contributed by atoms with E-state index < -0.39 is 6.04 Å². The highest BCUT2D eigenvalue weighted by Gasteiger charge is 2.28.